The van der Waals surface area contributed by atoms with Crippen molar-refractivity contribution in [1.29, 1.82) is 0 Å². The molecule has 0 aromatic carbocycles. The van der Waals surface area contributed by atoms with Crippen LogP contribution in [0.3, 0.4) is 0 Å². The van der Waals surface area contributed by atoms with Crippen molar-refractivity contribution >= 4 is 28.2 Å². The monoisotopic (exact) mass is 307 g/mol. The zero-order chi connectivity index (χ0) is 15.2. The highest BCUT2D eigenvalue weighted by molar-refractivity contribution is 7.16. The van der Waals surface area contributed by atoms with Crippen molar-refractivity contribution in [2.24, 2.45) is 5.92 Å². The highest BCUT2D eigenvalue weighted by Crippen LogP contribution is 2.30. The molecule has 1 aliphatic rings. The fraction of sp³-hybridized carbons (Fsp3) is 0.500. The molecule has 0 radical (unpaired) electrons. The van der Waals surface area contributed by atoms with Gasteiger partial charge in [-0.3, -0.25) is 4.79 Å². The molecule has 1 N–H and O–H groups in total. The normalized spacial score (nSPS) is 17.5. The fourth-order valence-corrected chi connectivity index (χ4v) is 3.30. The van der Waals surface area contributed by atoms with Gasteiger partial charge in [0.1, 0.15) is 5.00 Å². The molecule has 1 aliphatic carbocycles. The van der Waals surface area contributed by atoms with Crippen LogP contribution in [-0.4, -0.2) is 18.5 Å². The van der Waals surface area contributed by atoms with Crippen molar-refractivity contribution in [2.45, 2.75) is 39.5 Å². The number of hydrogen-bond acceptors (Lipinski definition) is 4. The molecule has 21 heavy (non-hydrogen) atoms. The molecule has 0 saturated carbocycles. The van der Waals surface area contributed by atoms with Gasteiger partial charge in [0, 0.05) is 10.8 Å². The average molecular weight is 307 g/mol. The van der Waals surface area contributed by atoms with Crippen molar-refractivity contribution in [3.05, 3.63) is 28.7 Å². The summed E-state index contributed by atoms with van der Waals surface area (Å²) in [5.41, 5.74) is 0.471. The van der Waals surface area contributed by atoms with E-state index in [0.717, 1.165) is 30.6 Å². The number of carbonyl (C=O) groups is 2. The van der Waals surface area contributed by atoms with Gasteiger partial charge < -0.3 is 10.1 Å². The minimum Gasteiger partial charge on any atom is -0.462 e. The van der Waals surface area contributed by atoms with Crippen molar-refractivity contribution < 1.29 is 14.3 Å². The average Bonchev–Trinajstić information content (AvgIpc) is 2.91. The van der Waals surface area contributed by atoms with Gasteiger partial charge in [-0.05, 0) is 38.7 Å². The first kappa shape index (κ1) is 15.8. The molecule has 0 spiro atoms. The van der Waals surface area contributed by atoms with Crippen LogP contribution in [0.5, 0.6) is 0 Å². The Bertz CT molecular complexity index is 548. The number of thiophene rings is 1. The number of nitrogens with one attached hydrogen (secondary N) is 1. The molecule has 1 amide bonds. The number of aryl methyl sites for hydroxylation is 1. The maximum Gasteiger partial charge on any atom is 0.341 e. The molecule has 4 nitrogen and oxygen atoms in total. The van der Waals surface area contributed by atoms with Gasteiger partial charge in [-0.1, -0.05) is 19.1 Å². The standard InChI is InChI=1S/C16H21NO3S/c1-3-12-10-13(16(19)20-4-2)15(21-12)17-14(18)11-8-6-5-7-9-11/h5-6,10-11H,3-4,7-9H2,1-2H3,(H,17,18). The number of rotatable bonds is 5. The van der Waals surface area contributed by atoms with E-state index >= 15 is 0 Å². The number of allylic oxidation sites excluding steroid dienone is 2. The molecule has 0 aliphatic heterocycles. The highest BCUT2D eigenvalue weighted by atomic mass is 32.1. The number of anilines is 1. The maximum absolute atomic E-state index is 12.3. The first-order chi connectivity index (χ1) is 10.2. The number of esters is 1. The third kappa shape index (κ3) is 3.94. The smallest absolute Gasteiger partial charge is 0.341 e. The number of amides is 1. The molecular formula is C16H21NO3S. The van der Waals surface area contributed by atoms with E-state index in [9.17, 15) is 9.59 Å². The summed E-state index contributed by atoms with van der Waals surface area (Å²) in [6.07, 6.45) is 7.56. The van der Waals surface area contributed by atoms with Crippen molar-refractivity contribution in [1.82, 2.24) is 0 Å². The lowest BCUT2D eigenvalue weighted by atomic mass is 9.94. The van der Waals surface area contributed by atoms with E-state index in [0.29, 0.717) is 17.2 Å². The van der Waals surface area contributed by atoms with Crippen molar-refractivity contribution in [2.75, 3.05) is 11.9 Å². The molecule has 114 valence electrons. The predicted octanol–water partition coefficient (Wildman–Crippen LogP) is 3.78. The van der Waals surface area contributed by atoms with Gasteiger partial charge >= 0.3 is 5.97 Å². The number of ether oxygens (including phenoxy) is 1. The maximum atomic E-state index is 12.3. The quantitative estimate of drug-likeness (QED) is 0.665. The van der Waals surface area contributed by atoms with Crippen LogP contribution in [-0.2, 0) is 16.0 Å². The molecule has 1 unspecified atom stereocenters. The third-order valence-corrected chi connectivity index (χ3v) is 4.70. The topological polar surface area (TPSA) is 55.4 Å². The summed E-state index contributed by atoms with van der Waals surface area (Å²) in [7, 11) is 0. The summed E-state index contributed by atoms with van der Waals surface area (Å²) in [4.78, 5) is 25.3. The van der Waals surface area contributed by atoms with Crippen LogP contribution in [0.4, 0.5) is 5.00 Å². The molecule has 1 atom stereocenters. The van der Waals surface area contributed by atoms with Crippen LogP contribution in [0, 0.1) is 5.92 Å². The Morgan fingerprint density at radius 2 is 2.19 bits per heavy atom. The minimum atomic E-state index is -0.368. The zero-order valence-corrected chi connectivity index (χ0v) is 13.3. The van der Waals surface area contributed by atoms with E-state index in [4.69, 9.17) is 4.74 Å². The van der Waals surface area contributed by atoms with Crippen molar-refractivity contribution in [3.63, 3.8) is 0 Å². The third-order valence-electron chi connectivity index (χ3n) is 3.50. The molecule has 1 aromatic rings. The lowest BCUT2D eigenvalue weighted by molar-refractivity contribution is -0.120. The Hall–Kier alpha value is -1.62. The lowest BCUT2D eigenvalue weighted by Crippen LogP contribution is -2.24. The molecule has 0 saturated heterocycles. The predicted molar refractivity (Wildman–Crippen MR) is 84.8 cm³/mol. The summed E-state index contributed by atoms with van der Waals surface area (Å²) < 4.78 is 5.06. The summed E-state index contributed by atoms with van der Waals surface area (Å²) in [5.74, 6) is -0.376. The van der Waals surface area contributed by atoms with Gasteiger partial charge in [-0.2, -0.15) is 0 Å². The van der Waals surface area contributed by atoms with E-state index in [-0.39, 0.29) is 17.8 Å². The Morgan fingerprint density at radius 1 is 1.38 bits per heavy atom. The van der Waals surface area contributed by atoms with Gasteiger partial charge in [-0.15, -0.1) is 11.3 Å². The lowest BCUT2D eigenvalue weighted by Gasteiger charge is -2.17. The second-order valence-electron chi connectivity index (χ2n) is 5.00. The van der Waals surface area contributed by atoms with E-state index in [1.165, 1.54) is 11.3 Å². The van der Waals surface area contributed by atoms with Crippen LogP contribution in [0.15, 0.2) is 18.2 Å². The SMILES string of the molecule is CCOC(=O)c1cc(CC)sc1NC(=O)C1CC=CCC1. The summed E-state index contributed by atoms with van der Waals surface area (Å²) in [5, 5.41) is 3.53. The Labute approximate surface area is 129 Å². The van der Waals surface area contributed by atoms with E-state index < -0.39 is 0 Å². The molecular weight excluding hydrogens is 286 g/mol. The summed E-state index contributed by atoms with van der Waals surface area (Å²) in [6.45, 7) is 4.13. The minimum absolute atomic E-state index is 0.00257. The Kier molecular flexibility index (Phi) is 5.56. The van der Waals surface area contributed by atoms with Gasteiger partial charge in [0.25, 0.3) is 0 Å². The second-order valence-corrected chi connectivity index (χ2v) is 6.14. The van der Waals surface area contributed by atoms with Crippen LogP contribution in [0.1, 0.15) is 48.3 Å². The molecule has 1 aromatic heterocycles. The second kappa shape index (κ2) is 7.41. The Morgan fingerprint density at radius 3 is 2.81 bits per heavy atom. The molecule has 0 bridgehead atoms. The Balaban J connectivity index is 2.14. The first-order valence-electron chi connectivity index (χ1n) is 7.41. The molecule has 5 heteroatoms. The van der Waals surface area contributed by atoms with Gasteiger partial charge in [0.15, 0.2) is 0 Å². The van der Waals surface area contributed by atoms with Crippen LogP contribution >= 0.6 is 11.3 Å². The highest BCUT2D eigenvalue weighted by Gasteiger charge is 2.23. The van der Waals surface area contributed by atoms with E-state index in [1.54, 1.807) is 6.92 Å². The van der Waals surface area contributed by atoms with Crippen LogP contribution in [0.2, 0.25) is 0 Å². The fourth-order valence-electron chi connectivity index (χ4n) is 2.32. The molecule has 0 fully saturated rings. The summed E-state index contributed by atoms with van der Waals surface area (Å²) >= 11 is 1.46. The summed E-state index contributed by atoms with van der Waals surface area (Å²) in [6, 6.07) is 1.82. The van der Waals surface area contributed by atoms with E-state index in [2.05, 4.69) is 11.4 Å². The molecule has 1 heterocycles. The number of carbonyl (C=O) groups excluding carboxylic acids is 2. The molecule has 2 rings (SSSR count). The van der Waals surface area contributed by atoms with Crippen molar-refractivity contribution in [3.8, 4) is 0 Å². The zero-order valence-electron chi connectivity index (χ0n) is 12.5. The van der Waals surface area contributed by atoms with Gasteiger partial charge in [0.05, 0.1) is 12.2 Å². The van der Waals surface area contributed by atoms with Crippen LogP contribution < -0.4 is 5.32 Å². The largest absolute Gasteiger partial charge is 0.462 e. The van der Waals surface area contributed by atoms with Crippen LogP contribution in [0.25, 0.3) is 0 Å². The van der Waals surface area contributed by atoms with E-state index in [1.807, 2.05) is 19.1 Å². The number of hydrogen-bond donors (Lipinski definition) is 1. The first-order valence-corrected chi connectivity index (χ1v) is 8.23. The van der Waals surface area contributed by atoms with Gasteiger partial charge in [-0.25, -0.2) is 4.79 Å². The van der Waals surface area contributed by atoms with Gasteiger partial charge in [0.2, 0.25) is 5.91 Å².